The van der Waals surface area contributed by atoms with Crippen LogP contribution < -0.4 is 5.73 Å². The Morgan fingerprint density at radius 1 is 1.53 bits per heavy atom. The Balaban J connectivity index is 2.04. The van der Waals surface area contributed by atoms with Crippen LogP contribution in [0.1, 0.15) is 24.5 Å². The maximum Gasteiger partial charge on any atom is 0.0441 e. The highest BCUT2D eigenvalue weighted by Gasteiger charge is 2.37. The Bertz CT molecular complexity index is 362. The van der Waals surface area contributed by atoms with E-state index >= 15 is 0 Å². The molecule has 0 heterocycles. The summed E-state index contributed by atoms with van der Waals surface area (Å²) in [7, 11) is 0. The van der Waals surface area contributed by atoms with Crippen molar-refractivity contribution in [1.82, 2.24) is 0 Å². The van der Waals surface area contributed by atoms with Crippen LogP contribution >= 0.6 is 11.6 Å². The van der Waals surface area contributed by atoms with Crippen LogP contribution in [0.2, 0.25) is 5.02 Å². The predicted molar refractivity (Wildman–Crippen MR) is 65.1 cm³/mol. The molecule has 1 fully saturated rings. The van der Waals surface area contributed by atoms with Crippen LogP contribution in [-0.4, -0.2) is 6.04 Å². The minimum absolute atomic E-state index is 0.278. The van der Waals surface area contributed by atoms with Crippen LogP contribution in [0.15, 0.2) is 18.2 Å². The van der Waals surface area contributed by atoms with Crippen molar-refractivity contribution in [2.24, 2.45) is 17.6 Å². The van der Waals surface area contributed by atoms with Gasteiger partial charge in [0.2, 0.25) is 0 Å². The lowest BCUT2D eigenvalue weighted by molar-refractivity contribution is 0.560. The fourth-order valence-electron chi connectivity index (χ4n) is 2.17. The highest BCUT2D eigenvalue weighted by Crippen LogP contribution is 2.41. The van der Waals surface area contributed by atoms with Gasteiger partial charge in [-0.05, 0) is 48.8 Å². The van der Waals surface area contributed by atoms with Gasteiger partial charge >= 0.3 is 0 Å². The average Bonchev–Trinajstić information content (AvgIpc) is 2.88. The van der Waals surface area contributed by atoms with E-state index in [2.05, 4.69) is 26.0 Å². The van der Waals surface area contributed by atoms with E-state index < -0.39 is 0 Å². The minimum atomic E-state index is 0.278. The second-order valence-corrected chi connectivity index (χ2v) is 5.25. The summed E-state index contributed by atoms with van der Waals surface area (Å²) >= 11 is 6.18. The predicted octanol–water partition coefficient (Wildman–Crippen LogP) is 3.17. The topological polar surface area (TPSA) is 26.0 Å². The van der Waals surface area contributed by atoms with E-state index in [4.69, 9.17) is 17.3 Å². The lowest BCUT2D eigenvalue weighted by Gasteiger charge is -2.12. The molecule has 0 saturated heterocycles. The Labute approximate surface area is 96.6 Å². The fraction of sp³-hybridized carbons (Fsp3) is 0.538. The molecule has 3 atom stereocenters. The molecule has 1 aromatic rings. The summed E-state index contributed by atoms with van der Waals surface area (Å²) in [5, 5.41) is 0.860. The molecule has 0 bridgehead atoms. The molecule has 0 radical (unpaired) electrons. The van der Waals surface area contributed by atoms with Gasteiger partial charge < -0.3 is 5.73 Å². The summed E-state index contributed by atoms with van der Waals surface area (Å²) < 4.78 is 0. The summed E-state index contributed by atoms with van der Waals surface area (Å²) in [6.07, 6.45) is 2.19. The number of aryl methyl sites for hydroxylation is 1. The van der Waals surface area contributed by atoms with Gasteiger partial charge in [-0.2, -0.15) is 0 Å². The first-order valence-electron chi connectivity index (χ1n) is 5.58. The molecule has 2 N–H and O–H groups in total. The van der Waals surface area contributed by atoms with Crippen molar-refractivity contribution in [3.05, 3.63) is 34.3 Å². The van der Waals surface area contributed by atoms with E-state index in [0.29, 0.717) is 5.92 Å². The second kappa shape index (κ2) is 4.15. The smallest absolute Gasteiger partial charge is 0.0441 e. The molecule has 2 heteroatoms. The number of hydrogen-bond acceptors (Lipinski definition) is 1. The van der Waals surface area contributed by atoms with Crippen molar-refractivity contribution in [2.75, 3.05) is 0 Å². The van der Waals surface area contributed by atoms with Crippen molar-refractivity contribution in [3.8, 4) is 0 Å². The van der Waals surface area contributed by atoms with Gasteiger partial charge in [-0.3, -0.25) is 0 Å². The molecular weight excluding hydrogens is 206 g/mol. The van der Waals surface area contributed by atoms with E-state index in [9.17, 15) is 0 Å². The molecule has 82 valence electrons. The lowest BCUT2D eigenvalue weighted by atomic mass is 10.0. The number of benzene rings is 1. The summed E-state index contributed by atoms with van der Waals surface area (Å²) in [4.78, 5) is 0. The molecule has 0 aromatic heterocycles. The van der Waals surface area contributed by atoms with Gasteiger partial charge in [0.15, 0.2) is 0 Å². The van der Waals surface area contributed by atoms with Gasteiger partial charge in [0.05, 0.1) is 0 Å². The number of rotatable bonds is 3. The quantitative estimate of drug-likeness (QED) is 0.837. The largest absolute Gasteiger partial charge is 0.327 e. The molecule has 0 spiro atoms. The molecule has 1 aliphatic rings. The van der Waals surface area contributed by atoms with Crippen molar-refractivity contribution in [2.45, 2.75) is 32.7 Å². The fourth-order valence-corrected chi connectivity index (χ4v) is 2.48. The molecule has 0 amide bonds. The molecule has 0 aliphatic heterocycles. The first-order chi connectivity index (χ1) is 7.08. The molecule has 1 nitrogen and oxygen atoms in total. The minimum Gasteiger partial charge on any atom is -0.327 e. The molecule has 2 rings (SSSR count). The van der Waals surface area contributed by atoms with Crippen LogP contribution in [0, 0.1) is 18.8 Å². The summed E-state index contributed by atoms with van der Waals surface area (Å²) in [6, 6.07) is 6.50. The van der Waals surface area contributed by atoms with E-state index in [1.54, 1.807) is 0 Å². The van der Waals surface area contributed by atoms with Crippen molar-refractivity contribution in [1.29, 1.82) is 0 Å². The Kier molecular flexibility index (Phi) is 3.03. The van der Waals surface area contributed by atoms with E-state index in [0.717, 1.165) is 17.4 Å². The monoisotopic (exact) mass is 223 g/mol. The third-order valence-corrected chi connectivity index (χ3v) is 3.74. The number of halogens is 1. The SMILES string of the molecule is Cc1ccc(CC(N)C2CC2C)c(Cl)c1. The van der Waals surface area contributed by atoms with Crippen molar-refractivity contribution in [3.63, 3.8) is 0 Å². The zero-order chi connectivity index (χ0) is 11.0. The second-order valence-electron chi connectivity index (χ2n) is 4.84. The summed E-state index contributed by atoms with van der Waals surface area (Å²) in [5.74, 6) is 1.52. The highest BCUT2D eigenvalue weighted by atomic mass is 35.5. The Morgan fingerprint density at radius 2 is 2.20 bits per heavy atom. The lowest BCUT2D eigenvalue weighted by Crippen LogP contribution is -2.26. The van der Waals surface area contributed by atoms with Crippen LogP contribution in [0.25, 0.3) is 0 Å². The molecular formula is C13H18ClN. The average molecular weight is 224 g/mol. The summed E-state index contributed by atoms with van der Waals surface area (Å²) in [5.41, 5.74) is 8.54. The maximum absolute atomic E-state index is 6.18. The normalized spacial score (nSPS) is 26.4. The van der Waals surface area contributed by atoms with Gasteiger partial charge in [-0.25, -0.2) is 0 Å². The van der Waals surface area contributed by atoms with Gasteiger partial charge in [0, 0.05) is 11.1 Å². The number of hydrogen-bond donors (Lipinski definition) is 1. The van der Waals surface area contributed by atoms with Crippen LogP contribution in [0.5, 0.6) is 0 Å². The summed E-state index contributed by atoms with van der Waals surface area (Å²) in [6.45, 7) is 4.32. The van der Waals surface area contributed by atoms with Gasteiger partial charge in [-0.15, -0.1) is 0 Å². The molecule has 15 heavy (non-hydrogen) atoms. The van der Waals surface area contributed by atoms with Crippen molar-refractivity contribution < 1.29 is 0 Å². The van der Waals surface area contributed by atoms with E-state index in [1.807, 2.05) is 6.07 Å². The molecule has 3 unspecified atom stereocenters. The zero-order valence-electron chi connectivity index (χ0n) is 9.33. The number of nitrogens with two attached hydrogens (primary N) is 1. The van der Waals surface area contributed by atoms with Gasteiger partial charge in [-0.1, -0.05) is 30.7 Å². The highest BCUT2D eigenvalue weighted by molar-refractivity contribution is 6.31. The first kappa shape index (κ1) is 11.0. The molecule has 1 aromatic carbocycles. The van der Waals surface area contributed by atoms with Gasteiger partial charge in [0.1, 0.15) is 0 Å². The molecule has 1 aliphatic carbocycles. The Morgan fingerprint density at radius 3 is 2.73 bits per heavy atom. The first-order valence-corrected chi connectivity index (χ1v) is 5.96. The van der Waals surface area contributed by atoms with Crippen LogP contribution in [0.4, 0.5) is 0 Å². The van der Waals surface area contributed by atoms with E-state index in [-0.39, 0.29) is 6.04 Å². The zero-order valence-corrected chi connectivity index (χ0v) is 10.1. The maximum atomic E-state index is 6.18. The third-order valence-electron chi connectivity index (χ3n) is 3.39. The third kappa shape index (κ3) is 2.53. The van der Waals surface area contributed by atoms with Crippen molar-refractivity contribution >= 4 is 11.6 Å². The van der Waals surface area contributed by atoms with E-state index in [1.165, 1.54) is 17.5 Å². The molecule has 1 saturated carbocycles. The Hall–Kier alpha value is -0.530. The van der Waals surface area contributed by atoms with Gasteiger partial charge in [0.25, 0.3) is 0 Å². The van der Waals surface area contributed by atoms with Crippen LogP contribution in [-0.2, 0) is 6.42 Å². The van der Waals surface area contributed by atoms with Crippen LogP contribution in [0.3, 0.4) is 0 Å². The standard InChI is InChI=1S/C13H18ClN/c1-8-3-4-10(12(14)5-8)7-13(15)11-6-9(11)2/h3-5,9,11,13H,6-7,15H2,1-2H3.